The molecule has 0 spiro atoms. The van der Waals surface area contributed by atoms with Gasteiger partial charge in [0.05, 0.1) is 6.10 Å². The molecule has 0 aromatic rings. The molecule has 0 fully saturated rings. The van der Waals surface area contributed by atoms with Gasteiger partial charge >= 0.3 is 0 Å². The van der Waals surface area contributed by atoms with E-state index in [2.05, 4.69) is 27.7 Å². The molecular formula is C9H20O. The van der Waals surface area contributed by atoms with E-state index in [0.29, 0.717) is 11.8 Å². The van der Waals surface area contributed by atoms with Crippen molar-refractivity contribution in [1.82, 2.24) is 0 Å². The number of hydrogen-bond acceptors (Lipinski definition) is 1. The van der Waals surface area contributed by atoms with Gasteiger partial charge in [-0.15, -0.1) is 0 Å². The monoisotopic (exact) mass is 144 g/mol. The molecule has 0 aromatic carbocycles. The van der Waals surface area contributed by atoms with Crippen LogP contribution in [0.3, 0.4) is 0 Å². The molecule has 0 amide bonds. The molecule has 0 rings (SSSR count). The molecule has 0 aliphatic carbocycles. The normalized spacial score (nSPS) is 14.7. The molecular weight excluding hydrogens is 124 g/mol. The van der Waals surface area contributed by atoms with E-state index in [-0.39, 0.29) is 6.10 Å². The first kappa shape index (κ1) is 9.96. The molecule has 1 heteroatoms. The van der Waals surface area contributed by atoms with E-state index >= 15 is 0 Å². The summed E-state index contributed by atoms with van der Waals surface area (Å²) in [5, 5.41) is 9.59. The molecule has 1 atom stereocenters. The lowest BCUT2D eigenvalue weighted by molar-refractivity contribution is 0.0606. The second-order valence-corrected chi connectivity index (χ2v) is 3.31. The van der Waals surface area contributed by atoms with Gasteiger partial charge in [-0.2, -0.15) is 0 Å². The Morgan fingerprint density at radius 1 is 1.10 bits per heavy atom. The van der Waals surface area contributed by atoms with Gasteiger partial charge in [-0.05, 0) is 11.8 Å². The standard InChI is InChI=1S/C9H20O/c1-5-8(6-2)9(10)7(3)4/h7-10H,5-6H2,1-4H3. The summed E-state index contributed by atoms with van der Waals surface area (Å²) in [6.45, 7) is 8.42. The molecule has 0 bridgehead atoms. The fraction of sp³-hybridized carbons (Fsp3) is 1.00. The summed E-state index contributed by atoms with van der Waals surface area (Å²) in [6.07, 6.45) is 2.08. The van der Waals surface area contributed by atoms with E-state index in [9.17, 15) is 5.11 Å². The summed E-state index contributed by atoms with van der Waals surface area (Å²) < 4.78 is 0. The van der Waals surface area contributed by atoms with Crippen molar-refractivity contribution in [3.05, 3.63) is 0 Å². The number of hydrogen-bond donors (Lipinski definition) is 1. The fourth-order valence-electron chi connectivity index (χ4n) is 1.32. The lowest BCUT2D eigenvalue weighted by Crippen LogP contribution is -2.24. The van der Waals surface area contributed by atoms with Gasteiger partial charge in [-0.1, -0.05) is 40.5 Å². The highest BCUT2D eigenvalue weighted by molar-refractivity contribution is 4.68. The summed E-state index contributed by atoms with van der Waals surface area (Å²) >= 11 is 0. The van der Waals surface area contributed by atoms with Gasteiger partial charge in [0.2, 0.25) is 0 Å². The number of aliphatic hydroxyl groups is 1. The second-order valence-electron chi connectivity index (χ2n) is 3.31. The van der Waals surface area contributed by atoms with Crippen LogP contribution in [-0.2, 0) is 0 Å². The van der Waals surface area contributed by atoms with Crippen molar-refractivity contribution in [3.63, 3.8) is 0 Å². The Bertz CT molecular complexity index is 74.8. The Kier molecular flexibility index (Phi) is 4.71. The van der Waals surface area contributed by atoms with E-state index in [0.717, 1.165) is 12.8 Å². The minimum absolute atomic E-state index is 0.102. The predicted molar refractivity (Wildman–Crippen MR) is 44.9 cm³/mol. The maximum Gasteiger partial charge on any atom is 0.0591 e. The van der Waals surface area contributed by atoms with Crippen molar-refractivity contribution in [2.24, 2.45) is 11.8 Å². The van der Waals surface area contributed by atoms with Crippen LogP contribution >= 0.6 is 0 Å². The van der Waals surface area contributed by atoms with Crippen molar-refractivity contribution in [1.29, 1.82) is 0 Å². The second kappa shape index (κ2) is 4.73. The van der Waals surface area contributed by atoms with E-state index < -0.39 is 0 Å². The molecule has 0 heterocycles. The molecule has 62 valence electrons. The zero-order valence-electron chi connectivity index (χ0n) is 7.59. The van der Waals surface area contributed by atoms with Crippen molar-refractivity contribution in [2.45, 2.75) is 46.6 Å². The van der Waals surface area contributed by atoms with Crippen LogP contribution in [0.4, 0.5) is 0 Å². The molecule has 0 aliphatic heterocycles. The highest BCUT2D eigenvalue weighted by Gasteiger charge is 2.17. The molecule has 0 radical (unpaired) electrons. The van der Waals surface area contributed by atoms with Crippen molar-refractivity contribution in [3.8, 4) is 0 Å². The quantitative estimate of drug-likeness (QED) is 0.642. The van der Waals surface area contributed by atoms with Crippen LogP contribution in [0.2, 0.25) is 0 Å². The summed E-state index contributed by atoms with van der Waals surface area (Å²) in [7, 11) is 0. The van der Waals surface area contributed by atoms with Crippen LogP contribution < -0.4 is 0 Å². The van der Waals surface area contributed by atoms with E-state index in [4.69, 9.17) is 0 Å². The SMILES string of the molecule is CCC(CC)C(O)C(C)C. The first-order valence-corrected chi connectivity index (χ1v) is 4.31. The Hall–Kier alpha value is -0.0400. The third-order valence-electron chi connectivity index (χ3n) is 2.21. The van der Waals surface area contributed by atoms with Gasteiger partial charge in [0.1, 0.15) is 0 Å². The van der Waals surface area contributed by atoms with E-state index in [1.165, 1.54) is 0 Å². The van der Waals surface area contributed by atoms with Gasteiger partial charge in [0, 0.05) is 0 Å². The van der Waals surface area contributed by atoms with Crippen LogP contribution in [-0.4, -0.2) is 11.2 Å². The largest absolute Gasteiger partial charge is 0.393 e. The van der Waals surface area contributed by atoms with Crippen molar-refractivity contribution in [2.75, 3.05) is 0 Å². The average Bonchev–Trinajstić information content (AvgIpc) is 1.90. The summed E-state index contributed by atoms with van der Waals surface area (Å²) in [4.78, 5) is 0. The van der Waals surface area contributed by atoms with Gasteiger partial charge in [0.25, 0.3) is 0 Å². The van der Waals surface area contributed by atoms with Crippen LogP contribution in [0.1, 0.15) is 40.5 Å². The predicted octanol–water partition coefficient (Wildman–Crippen LogP) is 2.44. The first-order chi connectivity index (χ1) is 4.63. The molecule has 0 saturated heterocycles. The minimum atomic E-state index is -0.102. The van der Waals surface area contributed by atoms with Crippen LogP contribution in [0.25, 0.3) is 0 Å². The van der Waals surface area contributed by atoms with Crippen molar-refractivity contribution >= 4 is 0 Å². The Labute approximate surface area is 64.5 Å². The topological polar surface area (TPSA) is 20.2 Å². The third kappa shape index (κ3) is 2.70. The Balaban J connectivity index is 3.76. The molecule has 0 saturated carbocycles. The van der Waals surface area contributed by atoms with Gasteiger partial charge in [-0.25, -0.2) is 0 Å². The van der Waals surface area contributed by atoms with Gasteiger partial charge in [-0.3, -0.25) is 0 Å². The maximum absolute atomic E-state index is 9.59. The lowest BCUT2D eigenvalue weighted by Gasteiger charge is -2.22. The molecule has 0 aliphatic rings. The highest BCUT2D eigenvalue weighted by Crippen LogP contribution is 2.18. The average molecular weight is 144 g/mol. The number of aliphatic hydroxyl groups excluding tert-OH is 1. The summed E-state index contributed by atoms with van der Waals surface area (Å²) in [5.74, 6) is 0.907. The first-order valence-electron chi connectivity index (χ1n) is 4.31. The lowest BCUT2D eigenvalue weighted by atomic mass is 9.89. The smallest absolute Gasteiger partial charge is 0.0591 e. The van der Waals surface area contributed by atoms with Crippen molar-refractivity contribution < 1.29 is 5.11 Å². The molecule has 0 aromatic heterocycles. The maximum atomic E-state index is 9.59. The fourth-order valence-corrected chi connectivity index (χ4v) is 1.32. The molecule has 10 heavy (non-hydrogen) atoms. The molecule has 1 N–H and O–H groups in total. The minimum Gasteiger partial charge on any atom is -0.393 e. The van der Waals surface area contributed by atoms with Gasteiger partial charge in [0.15, 0.2) is 0 Å². The zero-order chi connectivity index (χ0) is 8.15. The van der Waals surface area contributed by atoms with E-state index in [1.807, 2.05) is 0 Å². The van der Waals surface area contributed by atoms with E-state index in [1.54, 1.807) is 0 Å². The Morgan fingerprint density at radius 3 is 1.60 bits per heavy atom. The van der Waals surface area contributed by atoms with Gasteiger partial charge < -0.3 is 5.11 Å². The van der Waals surface area contributed by atoms with Crippen LogP contribution in [0.15, 0.2) is 0 Å². The summed E-state index contributed by atoms with van der Waals surface area (Å²) in [5.41, 5.74) is 0. The molecule has 1 unspecified atom stereocenters. The Morgan fingerprint density at radius 2 is 1.50 bits per heavy atom. The molecule has 1 nitrogen and oxygen atoms in total. The third-order valence-corrected chi connectivity index (χ3v) is 2.21. The highest BCUT2D eigenvalue weighted by atomic mass is 16.3. The number of rotatable bonds is 4. The summed E-state index contributed by atoms with van der Waals surface area (Å²) in [6, 6.07) is 0. The van der Waals surface area contributed by atoms with Crippen LogP contribution in [0.5, 0.6) is 0 Å². The zero-order valence-corrected chi connectivity index (χ0v) is 7.59. The van der Waals surface area contributed by atoms with Crippen LogP contribution in [0, 0.1) is 11.8 Å².